The van der Waals surface area contributed by atoms with Crippen molar-refractivity contribution in [2.45, 2.75) is 26.8 Å². The first kappa shape index (κ1) is 13.9. The average molecular weight is 273 g/mol. The van der Waals surface area contributed by atoms with Crippen molar-refractivity contribution >= 4 is 5.69 Å². The third-order valence-corrected chi connectivity index (χ3v) is 3.11. The number of nitrogens with zero attached hydrogens (tertiary/aromatic N) is 3. The summed E-state index contributed by atoms with van der Waals surface area (Å²) < 4.78 is 1.14. The van der Waals surface area contributed by atoms with Gasteiger partial charge >= 0.3 is 11.2 Å². The van der Waals surface area contributed by atoms with Gasteiger partial charge < -0.3 is 0 Å². The molecule has 0 radical (unpaired) electrons. The minimum atomic E-state index is -0.644. The predicted molar refractivity (Wildman–Crippen MR) is 75.6 cm³/mol. The number of benzene rings is 1. The van der Waals surface area contributed by atoms with Crippen LogP contribution in [0, 0.1) is 10.1 Å². The van der Waals surface area contributed by atoms with Crippen LogP contribution in [0.1, 0.15) is 19.4 Å². The maximum absolute atomic E-state index is 12.1. The maximum atomic E-state index is 12.1. The summed E-state index contributed by atoms with van der Waals surface area (Å²) in [6.45, 7) is 3.81. The average Bonchev–Trinajstić information content (AvgIpc) is 2.47. The zero-order valence-corrected chi connectivity index (χ0v) is 11.4. The van der Waals surface area contributed by atoms with Gasteiger partial charge in [0.2, 0.25) is 0 Å². The Kier molecular flexibility index (Phi) is 3.93. The highest BCUT2D eigenvalue weighted by molar-refractivity contribution is 5.66. The Balaban J connectivity index is 2.84. The molecule has 2 aromatic rings. The third-order valence-electron chi connectivity index (χ3n) is 3.11. The minimum absolute atomic E-state index is 0.295. The first-order valence-corrected chi connectivity index (χ1v) is 6.43. The molecule has 0 atom stereocenters. The topological polar surface area (TPSA) is 78.0 Å². The van der Waals surface area contributed by atoms with Crippen LogP contribution in [0.25, 0.3) is 11.3 Å². The lowest BCUT2D eigenvalue weighted by Crippen LogP contribution is -2.27. The molecule has 0 amide bonds. The molecule has 6 heteroatoms. The number of hydrogen-bond acceptors (Lipinski definition) is 4. The van der Waals surface area contributed by atoms with E-state index in [1.807, 2.05) is 30.3 Å². The van der Waals surface area contributed by atoms with Crippen molar-refractivity contribution in [3.63, 3.8) is 0 Å². The number of aromatic nitrogens is 2. The van der Waals surface area contributed by atoms with E-state index in [9.17, 15) is 14.9 Å². The monoisotopic (exact) mass is 273 g/mol. The zero-order chi connectivity index (χ0) is 14.7. The Morgan fingerprint density at radius 3 is 2.40 bits per heavy atom. The van der Waals surface area contributed by atoms with E-state index < -0.39 is 10.5 Å². The number of aryl methyl sites for hydroxylation is 1. The summed E-state index contributed by atoms with van der Waals surface area (Å²) in [5, 5.41) is 15.5. The summed E-state index contributed by atoms with van der Waals surface area (Å²) in [5.41, 5.74) is 0.643. The van der Waals surface area contributed by atoms with Gasteiger partial charge in [-0.3, -0.25) is 14.9 Å². The van der Waals surface area contributed by atoms with Gasteiger partial charge in [-0.2, -0.15) is 5.10 Å². The molecule has 1 aromatic heterocycles. The van der Waals surface area contributed by atoms with E-state index in [0.717, 1.165) is 10.2 Å². The molecule has 104 valence electrons. The molecule has 0 unspecified atom stereocenters. The molecule has 2 rings (SSSR count). The minimum Gasteiger partial charge on any atom is -0.260 e. The van der Waals surface area contributed by atoms with Gasteiger partial charge in [0.15, 0.2) is 0 Å². The van der Waals surface area contributed by atoms with Crippen LogP contribution in [0.3, 0.4) is 0 Å². The summed E-state index contributed by atoms with van der Waals surface area (Å²) in [6, 6.07) is 9.19. The normalized spacial score (nSPS) is 10.5. The predicted octanol–water partition coefficient (Wildman–Crippen LogP) is 2.40. The van der Waals surface area contributed by atoms with Gasteiger partial charge in [-0.05, 0) is 13.3 Å². The number of rotatable bonds is 4. The van der Waals surface area contributed by atoms with Gasteiger partial charge in [0.05, 0.1) is 10.5 Å². The van der Waals surface area contributed by atoms with Crippen molar-refractivity contribution in [3.05, 3.63) is 56.4 Å². The Hall–Kier alpha value is -2.50. The van der Waals surface area contributed by atoms with Crippen molar-refractivity contribution in [2.24, 2.45) is 0 Å². The van der Waals surface area contributed by atoms with E-state index in [4.69, 9.17) is 0 Å². The van der Waals surface area contributed by atoms with E-state index in [0.29, 0.717) is 24.2 Å². The largest absolute Gasteiger partial charge is 0.345 e. The lowest BCUT2D eigenvalue weighted by molar-refractivity contribution is -0.387. The van der Waals surface area contributed by atoms with Crippen LogP contribution in [-0.2, 0) is 13.0 Å². The van der Waals surface area contributed by atoms with Crippen LogP contribution in [0.5, 0.6) is 0 Å². The van der Waals surface area contributed by atoms with E-state index in [1.54, 1.807) is 13.8 Å². The molecular weight excluding hydrogens is 258 g/mol. The second-order valence-corrected chi connectivity index (χ2v) is 4.27. The molecule has 0 fully saturated rings. The summed E-state index contributed by atoms with van der Waals surface area (Å²) in [5.74, 6) is 0. The summed E-state index contributed by atoms with van der Waals surface area (Å²) in [7, 11) is 0. The van der Waals surface area contributed by atoms with Gasteiger partial charge in [0, 0.05) is 12.1 Å². The highest BCUT2D eigenvalue weighted by Crippen LogP contribution is 2.26. The van der Waals surface area contributed by atoms with Crippen LogP contribution in [0.15, 0.2) is 35.1 Å². The number of hydrogen-bond donors (Lipinski definition) is 0. The zero-order valence-electron chi connectivity index (χ0n) is 11.4. The fraction of sp³-hybridized carbons (Fsp3) is 0.286. The molecule has 0 bridgehead atoms. The summed E-state index contributed by atoms with van der Waals surface area (Å²) in [6.07, 6.45) is 0.382. The van der Waals surface area contributed by atoms with Crippen LogP contribution in [0.2, 0.25) is 0 Å². The lowest BCUT2D eigenvalue weighted by Gasteiger charge is -2.10. The third kappa shape index (κ3) is 2.32. The van der Waals surface area contributed by atoms with E-state index in [1.165, 1.54) is 0 Å². The fourth-order valence-corrected chi connectivity index (χ4v) is 2.16. The van der Waals surface area contributed by atoms with Gasteiger partial charge in [0.25, 0.3) is 0 Å². The highest BCUT2D eigenvalue weighted by atomic mass is 16.6. The molecule has 0 spiro atoms. The second kappa shape index (κ2) is 5.64. The molecule has 0 aliphatic carbocycles. The van der Waals surface area contributed by atoms with Gasteiger partial charge in [-0.15, -0.1) is 0 Å². The Bertz CT molecular complexity index is 693. The first-order chi connectivity index (χ1) is 9.60. The molecule has 0 aliphatic heterocycles. The Morgan fingerprint density at radius 2 is 1.90 bits per heavy atom. The molecule has 0 saturated carbocycles. The molecule has 20 heavy (non-hydrogen) atoms. The Labute approximate surface area is 115 Å². The fourth-order valence-electron chi connectivity index (χ4n) is 2.16. The molecule has 6 nitrogen and oxygen atoms in total. The van der Waals surface area contributed by atoms with Gasteiger partial charge in [0.1, 0.15) is 5.69 Å². The SMILES string of the molecule is CCc1c(-c2ccccc2)nn(CC)c(=O)c1[N+](=O)[O-]. The summed E-state index contributed by atoms with van der Waals surface area (Å²) in [4.78, 5) is 22.7. The second-order valence-electron chi connectivity index (χ2n) is 4.27. The van der Waals surface area contributed by atoms with E-state index in [2.05, 4.69) is 5.10 Å². The molecule has 0 aliphatic rings. The highest BCUT2D eigenvalue weighted by Gasteiger charge is 2.25. The first-order valence-electron chi connectivity index (χ1n) is 6.43. The quantitative estimate of drug-likeness (QED) is 0.633. The van der Waals surface area contributed by atoms with Crippen molar-refractivity contribution in [2.75, 3.05) is 0 Å². The van der Waals surface area contributed by atoms with E-state index in [-0.39, 0.29) is 5.69 Å². The molecule has 0 saturated heterocycles. The van der Waals surface area contributed by atoms with Crippen molar-refractivity contribution in [1.82, 2.24) is 9.78 Å². The van der Waals surface area contributed by atoms with Crippen LogP contribution in [-0.4, -0.2) is 14.7 Å². The molecule has 1 aromatic carbocycles. The smallest absolute Gasteiger partial charge is 0.260 e. The van der Waals surface area contributed by atoms with Gasteiger partial charge in [-0.1, -0.05) is 37.3 Å². The van der Waals surface area contributed by atoms with Crippen molar-refractivity contribution in [1.29, 1.82) is 0 Å². The Morgan fingerprint density at radius 1 is 1.25 bits per heavy atom. The van der Waals surface area contributed by atoms with Crippen molar-refractivity contribution < 1.29 is 4.92 Å². The molecular formula is C14H15N3O3. The molecule has 0 N–H and O–H groups in total. The van der Waals surface area contributed by atoms with E-state index >= 15 is 0 Å². The summed E-state index contributed by atoms with van der Waals surface area (Å²) >= 11 is 0. The number of nitro groups is 1. The van der Waals surface area contributed by atoms with Crippen molar-refractivity contribution in [3.8, 4) is 11.3 Å². The van der Waals surface area contributed by atoms with Crippen LogP contribution >= 0.6 is 0 Å². The molecule has 1 heterocycles. The van der Waals surface area contributed by atoms with Gasteiger partial charge in [-0.25, -0.2) is 4.68 Å². The maximum Gasteiger partial charge on any atom is 0.345 e. The lowest BCUT2D eigenvalue weighted by atomic mass is 10.0. The van der Waals surface area contributed by atoms with Crippen LogP contribution in [0.4, 0.5) is 5.69 Å². The standard InChI is InChI=1S/C14H15N3O3/c1-3-11-12(10-8-6-5-7-9-10)15-16(4-2)14(18)13(11)17(19)20/h5-9H,3-4H2,1-2H3. The van der Waals surface area contributed by atoms with Crippen LogP contribution < -0.4 is 5.56 Å².